The molecule has 2 N–H and O–H groups in total. The van der Waals surface area contributed by atoms with Crippen LogP contribution in [0, 0.1) is 6.92 Å². The number of rotatable bonds is 7. The highest BCUT2D eigenvalue weighted by atomic mass is 32.1. The predicted octanol–water partition coefficient (Wildman–Crippen LogP) is 4.27. The Morgan fingerprint density at radius 3 is 2.69 bits per heavy atom. The molecule has 8 nitrogen and oxygen atoms in total. The molecule has 0 atom stereocenters. The predicted molar refractivity (Wildman–Crippen MR) is 122 cm³/mol. The zero-order chi connectivity index (χ0) is 22.8. The van der Waals surface area contributed by atoms with Crippen molar-refractivity contribution >= 4 is 33.9 Å². The second-order valence-electron chi connectivity index (χ2n) is 7.13. The van der Waals surface area contributed by atoms with Crippen LogP contribution >= 0.6 is 11.3 Å². The number of methoxy groups -OCH3 is 2. The molecule has 2 heterocycles. The summed E-state index contributed by atoms with van der Waals surface area (Å²) in [4.78, 5) is 29.3. The molecule has 0 fully saturated rings. The Balaban J connectivity index is 1.59. The minimum Gasteiger partial charge on any atom is -0.497 e. The van der Waals surface area contributed by atoms with Crippen molar-refractivity contribution in [1.29, 1.82) is 0 Å². The molecule has 0 aliphatic heterocycles. The van der Waals surface area contributed by atoms with E-state index in [4.69, 9.17) is 9.47 Å². The number of carbonyl (C=O) groups is 2. The first kappa shape index (κ1) is 21.4. The molecule has 0 radical (unpaired) electrons. The third-order valence-corrected chi connectivity index (χ3v) is 5.95. The van der Waals surface area contributed by atoms with Crippen LogP contribution in [0.5, 0.6) is 11.5 Å². The molecular weight excluding hydrogens is 430 g/mol. The van der Waals surface area contributed by atoms with E-state index in [1.807, 2.05) is 41.1 Å². The SMILES string of the molecule is COc1ccc(OC)c(-c2cn3c(CC(=O)Nc4cc(C(=O)O)ccc4C)csc3n2)c1. The van der Waals surface area contributed by atoms with Crippen LogP contribution in [-0.2, 0) is 11.2 Å². The maximum Gasteiger partial charge on any atom is 0.335 e. The van der Waals surface area contributed by atoms with E-state index in [-0.39, 0.29) is 17.9 Å². The summed E-state index contributed by atoms with van der Waals surface area (Å²) in [7, 11) is 3.20. The molecule has 9 heteroatoms. The second kappa shape index (κ2) is 8.72. The zero-order valence-electron chi connectivity index (χ0n) is 17.7. The first-order valence-corrected chi connectivity index (χ1v) is 10.6. The highest BCUT2D eigenvalue weighted by molar-refractivity contribution is 7.15. The van der Waals surface area contributed by atoms with Gasteiger partial charge in [-0.2, -0.15) is 0 Å². The number of carbonyl (C=O) groups excluding carboxylic acids is 1. The lowest BCUT2D eigenvalue weighted by molar-refractivity contribution is -0.115. The Kier molecular flexibility index (Phi) is 5.83. The highest BCUT2D eigenvalue weighted by Gasteiger charge is 2.16. The molecule has 4 rings (SSSR count). The molecular formula is C23H21N3O5S. The van der Waals surface area contributed by atoms with E-state index >= 15 is 0 Å². The van der Waals surface area contributed by atoms with Gasteiger partial charge in [0, 0.05) is 28.5 Å². The van der Waals surface area contributed by atoms with Gasteiger partial charge in [0.25, 0.3) is 0 Å². The summed E-state index contributed by atoms with van der Waals surface area (Å²) < 4.78 is 12.7. The zero-order valence-corrected chi connectivity index (χ0v) is 18.5. The maximum atomic E-state index is 12.7. The number of nitrogens with zero attached hydrogens (tertiary/aromatic N) is 2. The summed E-state index contributed by atoms with van der Waals surface area (Å²) in [5.74, 6) is 0.0730. The van der Waals surface area contributed by atoms with Gasteiger partial charge in [0.15, 0.2) is 4.96 Å². The lowest BCUT2D eigenvalue weighted by atomic mass is 10.1. The molecule has 0 saturated carbocycles. The van der Waals surface area contributed by atoms with E-state index in [1.165, 1.54) is 23.5 Å². The van der Waals surface area contributed by atoms with Gasteiger partial charge in [0.05, 0.1) is 31.9 Å². The van der Waals surface area contributed by atoms with E-state index in [2.05, 4.69) is 10.3 Å². The van der Waals surface area contributed by atoms with Crippen molar-refractivity contribution in [2.45, 2.75) is 13.3 Å². The van der Waals surface area contributed by atoms with Gasteiger partial charge >= 0.3 is 5.97 Å². The Bertz CT molecular complexity index is 1320. The van der Waals surface area contributed by atoms with Crippen molar-refractivity contribution < 1.29 is 24.2 Å². The molecule has 164 valence electrons. The standard InChI is InChI=1S/C23H21N3O5S/c1-13-4-5-14(22(28)29)8-18(13)24-21(27)9-15-12-32-23-25-19(11-26(15)23)17-10-16(30-2)6-7-20(17)31-3/h4-8,10-12H,9H2,1-3H3,(H,24,27)(H,28,29). The number of aromatic carboxylic acids is 1. The van der Waals surface area contributed by atoms with E-state index < -0.39 is 5.97 Å². The summed E-state index contributed by atoms with van der Waals surface area (Å²) in [6, 6.07) is 10.1. The first-order valence-electron chi connectivity index (χ1n) is 9.71. The minimum atomic E-state index is -1.04. The second-order valence-corrected chi connectivity index (χ2v) is 7.97. The number of amides is 1. The number of imidazole rings is 1. The van der Waals surface area contributed by atoms with Gasteiger partial charge in [-0.1, -0.05) is 6.07 Å². The van der Waals surface area contributed by atoms with Crippen molar-refractivity contribution in [2.75, 3.05) is 19.5 Å². The Hall–Kier alpha value is -3.85. The van der Waals surface area contributed by atoms with Crippen LogP contribution in [0.25, 0.3) is 16.2 Å². The van der Waals surface area contributed by atoms with Crippen molar-refractivity contribution in [3.63, 3.8) is 0 Å². The van der Waals surface area contributed by atoms with Crippen molar-refractivity contribution in [3.05, 3.63) is 64.8 Å². The van der Waals surface area contributed by atoms with E-state index in [1.54, 1.807) is 20.3 Å². The van der Waals surface area contributed by atoms with Gasteiger partial charge in [0.2, 0.25) is 5.91 Å². The first-order chi connectivity index (χ1) is 15.4. The smallest absolute Gasteiger partial charge is 0.335 e. The summed E-state index contributed by atoms with van der Waals surface area (Å²) in [5.41, 5.74) is 3.66. The topological polar surface area (TPSA) is 102 Å². The molecule has 0 spiro atoms. The molecule has 0 unspecified atom stereocenters. The molecule has 4 aromatic rings. The fraction of sp³-hybridized carbons (Fsp3) is 0.174. The average molecular weight is 452 g/mol. The van der Waals surface area contributed by atoms with E-state index in [0.717, 1.165) is 21.8 Å². The highest BCUT2D eigenvalue weighted by Crippen LogP contribution is 2.34. The van der Waals surface area contributed by atoms with Gasteiger partial charge in [-0.25, -0.2) is 9.78 Å². The number of fused-ring (bicyclic) bond motifs is 1. The number of aromatic nitrogens is 2. The fourth-order valence-electron chi connectivity index (χ4n) is 3.35. The molecule has 2 aromatic carbocycles. The van der Waals surface area contributed by atoms with E-state index in [0.29, 0.717) is 22.9 Å². The Morgan fingerprint density at radius 1 is 1.16 bits per heavy atom. The Labute approximate surface area is 188 Å². The van der Waals surface area contributed by atoms with Gasteiger partial charge in [-0.3, -0.25) is 9.20 Å². The lowest BCUT2D eigenvalue weighted by Crippen LogP contribution is -2.16. The van der Waals surface area contributed by atoms with Crippen LogP contribution in [0.1, 0.15) is 21.6 Å². The van der Waals surface area contributed by atoms with Gasteiger partial charge in [-0.15, -0.1) is 11.3 Å². The molecule has 0 bridgehead atoms. The number of nitrogens with one attached hydrogen (secondary N) is 1. The number of benzene rings is 2. The van der Waals surface area contributed by atoms with Crippen LogP contribution in [0.15, 0.2) is 48.0 Å². The molecule has 0 aliphatic rings. The normalized spacial score (nSPS) is 10.8. The van der Waals surface area contributed by atoms with Crippen molar-refractivity contribution in [1.82, 2.24) is 9.38 Å². The maximum absolute atomic E-state index is 12.7. The number of aryl methyl sites for hydroxylation is 1. The summed E-state index contributed by atoms with van der Waals surface area (Å²) in [6.07, 6.45) is 1.98. The molecule has 0 saturated heterocycles. The third kappa shape index (κ3) is 4.15. The summed E-state index contributed by atoms with van der Waals surface area (Å²) in [6.45, 7) is 1.81. The number of anilines is 1. The fourth-order valence-corrected chi connectivity index (χ4v) is 4.22. The molecule has 32 heavy (non-hydrogen) atoms. The molecule has 2 aromatic heterocycles. The van der Waals surface area contributed by atoms with Gasteiger partial charge < -0.3 is 19.9 Å². The van der Waals surface area contributed by atoms with Gasteiger partial charge in [0.1, 0.15) is 11.5 Å². The summed E-state index contributed by atoms with van der Waals surface area (Å²) in [5, 5.41) is 13.9. The third-order valence-electron chi connectivity index (χ3n) is 5.07. The van der Waals surface area contributed by atoms with Crippen LogP contribution in [0.4, 0.5) is 5.69 Å². The number of thiazole rings is 1. The molecule has 1 amide bonds. The number of hydrogen-bond acceptors (Lipinski definition) is 6. The van der Waals surface area contributed by atoms with E-state index in [9.17, 15) is 14.7 Å². The average Bonchev–Trinajstić information content (AvgIpc) is 3.36. The lowest BCUT2D eigenvalue weighted by Gasteiger charge is -2.09. The Morgan fingerprint density at radius 2 is 1.97 bits per heavy atom. The minimum absolute atomic E-state index is 0.113. The summed E-state index contributed by atoms with van der Waals surface area (Å²) >= 11 is 1.43. The number of carboxylic acid groups (broad SMARTS) is 1. The quantitative estimate of drug-likeness (QED) is 0.435. The number of carboxylic acids is 1. The van der Waals surface area contributed by atoms with Crippen LogP contribution in [0.2, 0.25) is 0 Å². The van der Waals surface area contributed by atoms with Crippen molar-refractivity contribution in [3.8, 4) is 22.8 Å². The molecule has 0 aliphatic carbocycles. The number of hydrogen-bond donors (Lipinski definition) is 2. The van der Waals surface area contributed by atoms with Crippen LogP contribution < -0.4 is 14.8 Å². The van der Waals surface area contributed by atoms with Crippen LogP contribution in [-0.4, -0.2) is 40.6 Å². The largest absolute Gasteiger partial charge is 0.497 e. The number of ether oxygens (including phenoxy) is 2. The van der Waals surface area contributed by atoms with Crippen molar-refractivity contribution in [2.24, 2.45) is 0 Å². The van der Waals surface area contributed by atoms with Gasteiger partial charge in [-0.05, 0) is 42.8 Å². The monoisotopic (exact) mass is 451 g/mol. The van der Waals surface area contributed by atoms with Crippen LogP contribution in [0.3, 0.4) is 0 Å².